The maximum atomic E-state index is 15.0. The second-order valence-electron chi connectivity index (χ2n) is 9.57. The fourth-order valence-corrected chi connectivity index (χ4v) is 4.80. The lowest BCUT2D eigenvalue weighted by Gasteiger charge is -2.36. The quantitative estimate of drug-likeness (QED) is 0.614. The highest BCUT2D eigenvalue weighted by Gasteiger charge is 2.29. The van der Waals surface area contributed by atoms with Crippen LogP contribution < -0.4 is 15.1 Å². The molecule has 11 heteroatoms. The van der Waals surface area contributed by atoms with Gasteiger partial charge in [-0.1, -0.05) is 0 Å². The number of hydrogen-bond donors (Lipinski definition) is 1. The van der Waals surface area contributed by atoms with E-state index in [0.29, 0.717) is 44.4 Å². The van der Waals surface area contributed by atoms with Crippen molar-refractivity contribution in [3.63, 3.8) is 0 Å². The van der Waals surface area contributed by atoms with Crippen LogP contribution in [0.2, 0.25) is 0 Å². The molecule has 4 heterocycles. The molecule has 3 aliphatic heterocycles. The normalized spacial score (nSPS) is 17.5. The van der Waals surface area contributed by atoms with Crippen LogP contribution in [-0.2, 0) is 4.74 Å². The van der Waals surface area contributed by atoms with Gasteiger partial charge in [0.25, 0.3) is 0 Å². The SMILES string of the molecule is CC(C)(C)OC(=O)N1CCN(c2ccc(Nc3ncc4c(n3)N3CCN=C3C(Br)=C4)c(F)c2)CC1. The average Bonchev–Trinajstić information content (AvgIpc) is 3.31. The Morgan fingerprint density at radius 1 is 1.17 bits per heavy atom. The molecule has 184 valence electrons. The minimum atomic E-state index is -0.528. The molecule has 1 aromatic carbocycles. The van der Waals surface area contributed by atoms with Crippen LogP contribution in [-0.4, -0.2) is 71.7 Å². The van der Waals surface area contributed by atoms with Gasteiger partial charge in [0.05, 0.1) is 16.7 Å². The van der Waals surface area contributed by atoms with Crippen molar-refractivity contribution >= 4 is 57.1 Å². The van der Waals surface area contributed by atoms with Gasteiger partial charge in [0.2, 0.25) is 5.95 Å². The van der Waals surface area contributed by atoms with Crippen molar-refractivity contribution in [1.29, 1.82) is 0 Å². The lowest BCUT2D eigenvalue weighted by Crippen LogP contribution is -2.50. The largest absolute Gasteiger partial charge is 0.444 e. The lowest BCUT2D eigenvalue weighted by molar-refractivity contribution is 0.0240. The zero-order valence-electron chi connectivity index (χ0n) is 19.9. The standard InChI is InChI=1S/C24H27BrFN7O2/c1-24(2,3)35-23(34)32-10-8-31(9-11-32)16-4-5-19(18(26)13-16)29-22-28-14-15-12-17(25)21-27-6-7-33(21)20(15)30-22/h4-5,12-14H,6-11H2,1-3H3,(H,28,29,30). The molecular formula is C24H27BrFN7O2. The fourth-order valence-electron chi connectivity index (χ4n) is 4.22. The van der Waals surface area contributed by atoms with Gasteiger partial charge in [0, 0.05) is 50.2 Å². The molecule has 9 nitrogen and oxygen atoms in total. The number of nitrogens with one attached hydrogen (secondary N) is 1. The van der Waals surface area contributed by atoms with Crippen molar-refractivity contribution in [1.82, 2.24) is 14.9 Å². The van der Waals surface area contributed by atoms with E-state index in [1.807, 2.05) is 37.8 Å². The summed E-state index contributed by atoms with van der Waals surface area (Å²) in [5.41, 5.74) is 1.41. The third kappa shape index (κ3) is 4.95. The van der Waals surface area contributed by atoms with Gasteiger partial charge in [-0.05, 0) is 61.0 Å². The number of rotatable bonds is 3. The van der Waals surface area contributed by atoms with E-state index < -0.39 is 11.4 Å². The first kappa shape index (κ1) is 23.5. The molecule has 0 aliphatic carbocycles. The van der Waals surface area contributed by atoms with Crippen LogP contribution in [0.3, 0.4) is 0 Å². The van der Waals surface area contributed by atoms with Crippen LogP contribution in [0.15, 0.2) is 33.9 Å². The monoisotopic (exact) mass is 543 g/mol. The number of fused-ring (bicyclic) bond motifs is 3. The molecule has 0 atom stereocenters. The summed E-state index contributed by atoms with van der Waals surface area (Å²) in [4.78, 5) is 31.5. The lowest BCUT2D eigenvalue weighted by atomic mass is 10.2. The summed E-state index contributed by atoms with van der Waals surface area (Å²) in [6, 6.07) is 5.04. The third-order valence-corrected chi connectivity index (χ3v) is 6.47. The number of amides is 1. The molecule has 2 aromatic rings. The summed E-state index contributed by atoms with van der Waals surface area (Å²) in [7, 11) is 0. The number of carbonyl (C=O) groups excluding carboxylic acids is 1. The summed E-state index contributed by atoms with van der Waals surface area (Å²) in [5, 5.41) is 3.00. The molecule has 5 rings (SSSR count). The molecule has 1 amide bonds. The smallest absolute Gasteiger partial charge is 0.410 e. The maximum Gasteiger partial charge on any atom is 0.410 e. The molecule has 1 saturated heterocycles. The molecule has 0 unspecified atom stereocenters. The summed E-state index contributed by atoms with van der Waals surface area (Å²) in [6.07, 6.45) is 3.35. The van der Waals surface area contributed by atoms with Crippen LogP contribution in [0.25, 0.3) is 6.08 Å². The van der Waals surface area contributed by atoms with Gasteiger partial charge in [0.15, 0.2) is 0 Å². The molecular weight excluding hydrogens is 517 g/mol. The van der Waals surface area contributed by atoms with Gasteiger partial charge in [-0.15, -0.1) is 0 Å². The number of ether oxygens (including phenoxy) is 1. The van der Waals surface area contributed by atoms with Gasteiger partial charge in [-0.25, -0.2) is 14.2 Å². The van der Waals surface area contributed by atoms with Gasteiger partial charge >= 0.3 is 6.09 Å². The number of aliphatic imine (C=N–C) groups is 1. The molecule has 1 fully saturated rings. The highest BCUT2D eigenvalue weighted by molar-refractivity contribution is 9.12. The Hall–Kier alpha value is -3.21. The summed E-state index contributed by atoms with van der Waals surface area (Å²) < 4.78 is 21.4. The van der Waals surface area contributed by atoms with Crippen LogP contribution >= 0.6 is 15.9 Å². The molecule has 0 radical (unpaired) electrons. The second kappa shape index (κ2) is 9.10. The van der Waals surface area contributed by atoms with E-state index in [1.165, 1.54) is 6.07 Å². The summed E-state index contributed by atoms with van der Waals surface area (Å²) in [5.74, 6) is 1.52. The van der Waals surface area contributed by atoms with Crippen LogP contribution in [0, 0.1) is 5.82 Å². The molecule has 35 heavy (non-hydrogen) atoms. The number of carbonyl (C=O) groups is 1. The number of nitrogens with zero attached hydrogens (tertiary/aromatic N) is 6. The van der Waals surface area contributed by atoms with E-state index in [-0.39, 0.29) is 6.09 Å². The number of aromatic nitrogens is 2. The first-order chi connectivity index (χ1) is 16.7. The number of amidine groups is 1. The summed E-state index contributed by atoms with van der Waals surface area (Å²) in [6.45, 7) is 9.23. The Bertz CT molecular complexity index is 1220. The summed E-state index contributed by atoms with van der Waals surface area (Å²) >= 11 is 3.55. The van der Waals surface area contributed by atoms with E-state index >= 15 is 4.39 Å². The minimum Gasteiger partial charge on any atom is -0.444 e. The van der Waals surface area contributed by atoms with Crippen molar-refractivity contribution in [3.05, 3.63) is 40.3 Å². The Morgan fingerprint density at radius 3 is 2.66 bits per heavy atom. The van der Waals surface area contributed by atoms with Crippen molar-refractivity contribution in [2.75, 3.05) is 54.4 Å². The molecule has 3 aliphatic rings. The topological polar surface area (TPSA) is 86.2 Å². The predicted octanol–water partition coefficient (Wildman–Crippen LogP) is 4.38. The molecule has 0 bridgehead atoms. The minimum absolute atomic E-state index is 0.295. The van der Waals surface area contributed by atoms with E-state index in [0.717, 1.165) is 33.9 Å². The number of hydrogen-bond acceptors (Lipinski definition) is 8. The predicted molar refractivity (Wildman–Crippen MR) is 138 cm³/mol. The number of halogens is 2. The van der Waals surface area contributed by atoms with Crippen LogP contribution in [0.5, 0.6) is 0 Å². The Labute approximate surface area is 211 Å². The molecule has 0 saturated carbocycles. The Morgan fingerprint density at radius 2 is 1.94 bits per heavy atom. The highest BCUT2D eigenvalue weighted by Crippen LogP contribution is 2.33. The van der Waals surface area contributed by atoms with Crippen molar-refractivity contribution in [2.24, 2.45) is 4.99 Å². The van der Waals surface area contributed by atoms with Crippen molar-refractivity contribution < 1.29 is 13.9 Å². The Balaban J connectivity index is 1.25. The van der Waals surface area contributed by atoms with Crippen molar-refractivity contribution in [2.45, 2.75) is 26.4 Å². The zero-order chi connectivity index (χ0) is 24.7. The zero-order valence-corrected chi connectivity index (χ0v) is 21.5. The van der Waals surface area contributed by atoms with Crippen molar-refractivity contribution in [3.8, 4) is 0 Å². The maximum absolute atomic E-state index is 15.0. The van der Waals surface area contributed by atoms with Crippen LogP contribution in [0.4, 0.5) is 32.3 Å². The van der Waals surface area contributed by atoms with Gasteiger partial charge in [-0.2, -0.15) is 4.98 Å². The fraction of sp³-hybridized carbons (Fsp3) is 0.417. The number of anilines is 4. The molecule has 0 spiro atoms. The van der Waals surface area contributed by atoms with Crippen LogP contribution in [0.1, 0.15) is 26.3 Å². The molecule has 1 N–H and O–H groups in total. The van der Waals surface area contributed by atoms with E-state index in [1.54, 1.807) is 17.2 Å². The number of piperazine rings is 1. The first-order valence-corrected chi connectivity index (χ1v) is 12.3. The number of benzene rings is 1. The first-order valence-electron chi connectivity index (χ1n) is 11.5. The average molecular weight is 544 g/mol. The van der Waals surface area contributed by atoms with Gasteiger partial charge in [-0.3, -0.25) is 4.99 Å². The highest BCUT2D eigenvalue weighted by atomic mass is 79.9. The van der Waals surface area contributed by atoms with Gasteiger partial charge < -0.3 is 24.8 Å². The van der Waals surface area contributed by atoms with Gasteiger partial charge in [0.1, 0.15) is 23.1 Å². The van der Waals surface area contributed by atoms with E-state index in [9.17, 15) is 4.79 Å². The second-order valence-corrected chi connectivity index (χ2v) is 10.4. The Kier molecular flexibility index (Phi) is 6.12. The van der Waals surface area contributed by atoms with E-state index in [2.05, 4.69) is 41.1 Å². The van der Waals surface area contributed by atoms with E-state index in [4.69, 9.17) is 4.74 Å². The molecule has 1 aromatic heterocycles. The third-order valence-electron chi connectivity index (χ3n) is 5.88.